The Kier molecular flexibility index (Phi) is 6.26. The van der Waals surface area contributed by atoms with Crippen LogP contribution in [-0.2, 0) is 14.3 Å². The van der Waals surface area contributed by atoms with E-state index in [2.05, 4.69) is 0 Å². The van der Waals surface area contributed by atoms with Gasteiger partial charge in [0.1, 0.15) is 11.4 Å². The first-order chi connectivity index (χ1) is 7.20. The van der Waals surface area contributed by atoms with Gasteiger partial charge in [-0.25, -0.2) is 0 Å². The van der Waals surface area contributed by atoms with E-state index in [4.69, 9.17) is 4.74 Å². The minimum Gasteiger partial charge on any atom is -0.460 e. The number of ether oxygens (including phenoxy) is 1. The first-order valence-electron chi connectivity index (χ1n) is 5.60. The number of carbonyl (C=O) groups is 2. The molecule has 0 spiro atoms. The maximum absolute atomic E-state index is 11.3. The first-order valence-corrected chi connectivity index (χ1v) is 5.60. The Balaban J connectivity index is 3.71. The molecule has 0 saturated carbocycles. The number of carbonyl (C=O) groups excluding carboxylic acids is 2. The van der Waals surface area contributed by atoms with E-state index < -0.39 is 11.7 Å². The van der Waals surface area contributed by atoms with Gasteiger partial charge in [0.2, 0.25) is 0 Å². The van der Waals surface area contributed by atoms with Crippen molar-refractivity contribution in [1.82, 2.24) is 0 Å². The van der Waals surface area contributed by atoms with Gasteiger partial charge in [-0.1, -0.05) is 0 Å². The summed E-state index contributed by atoms with van der Waals surface area (Å²) in [5, 5.41) is 9.49. The van der Waals surface area contributed by atoms with Gasteiger partial charge in [-0.2, -0.15) is 0 Å². The third-order valence-corrected chi connectivity index (χ3v) is 1.93. The van der Waals surface area contributed by atoms with Crippen molar-refractivity contribution >= 4 is 11.8 Å². The third kappa shape index (κ3) is 9.65. The molecule has 0 fully saturated rings. The van der Waals surface area contributed by atoms with Crippen LogP contribution in [0.25, 0.3) is 0 Å². The number of hydrogen-bond acceptors (Lipinski definition) is 4. The average Bonchev–Trinajstić information content (AvgIpc) is 2.08. The van der Waals surface area contributed by atoms with Crippen LogP contribution < -0.4 is 0 Å². The summed E-state index contributed by atoms with van der Waals surface area (Å²) in [4.78, 5) is 22.0. The van der Waals surface area contributed by atoms with Gasteiger partial charge < -0.3 is 14.6 Å². The summed E-state index contributed by atoms with van der Waals surface area (Å²) < 4.78 is 5.10. The van der Waals surface area contributed by atoms with Crippen LogP contribution in [0.1, 0.15) is 53.4 Å². The highest BCUT2D eigenvalue weighted by Gasteiger charge is 2.17. The van der Waals surface area contributed by atoms with Crippen molar-refractivity contribution in [2.45, 2.75) is 65.1 Å². The molecular formula is C12H22O4. The Bertz CT molecular complexity index is 240. The molecule has 1 unspecified atom stereocenters. The van der Waals surface area contributed by atoms with Crippen LogP contribution in [0.2, 0.25) is 0 Å². The Morgan fingerprint density at radius 1 is 1.19 bits per heavy atom. The second-order valence-corrected chi connectivity index (χ2v) is 5.02. The molecule has 94 valence electrons. The monoisotopic (exact) mass is 230 g/mol. The zero-order valence-electron chi connectivity index (χ0n) is 10.6. The maximum atomic E-state index is 11.3. The predicted octanol–water partition coefficient (Wildman–Crippen LogP) is 1.84. The van der Waals surface area contributed by atoms with Gasteiger partial charge in [0.25, 0.3) is 0 Å². The second-order valence-electron chi connectivity index (χ2n) is 5.02. The third-order valence-electron chi connectivity index (χ3n) is 1.93. The molecule has 0 heterocycles. The van der Waals surface area contributed by atoms with Crippen LogP contribution in [0, 0.1) is 0 Å². The number of hydrogen-bond donors (Lipinski definition) is 1. The largest absolute Gasteiger partial charge is 0.460 e. The molecule has 0 aliphatic rings. The van der Waals surface area contributed by atoms with Crippen molar-refractivity contribution in [2.24, 2.45) is 0 Å². The van der Waals surface area contributed by atoms with E-state index >= 15 is 0 Å². The van der Waals surface area contributed by atoms with Gasteiger partial charge in [0, 0.05) is 12.8 Å². The van der Waals surface area contributed by atoms with Crippen LogP contribution >= 0.6 is 0 Å². The number of aliphatic hydroxyl groups is 1. The molecule has 0 saturated heterocycles. The number of aliphatic hydroxyl groups excluding tert-OH is 1. The summed E-state index contributed by atoms with van der Waals surface area (Å²) in [6.07, 6.45) is 0.711. The molecule has 0 rings (SSSR count). The van der Waals surface area contributed by atoms with E-state index in [9.17, 15) is 14.7 Å². The minimum absolute atomic E-state index is 0.0521. The van der Waals surface area contributed by atoms with Crippen LogP contribution in [0.3, 0.4) is 0 Å². The lowest BCUT2D eigenvalue weighted by molar-refractivity contribution is -0.155. The lowest BCUT2D eigenvalue weighted by atomic mass is 10.1. The van der Waals surface area contributed by atoms with E-state index in [1.54, 1.807) is 20.8 Å². The molecule has 0 radical (unpaired) electrons. The summed E-state index contributed by atoms with van der Waals surface area (Å²) in [6, 6.07) is 0. The SMILES string of the molecule is CC(=O)CCC(O)CCC(=O)OC(C)(C)C. The standard InChI is InChI=1S/C12H22O4/c1-9(13)5-6-10(14)7-8-11(15)16-12(2,3)4/h10,14H,5-8H2,1-4H3. The average molecular weight is 230 g/mol. The molecule has 0 aliphatic carbocycles. The lowest BCUT2D eigenvalue weighted by Crippen LogP contribution is -2.24. The van der Waals surface area contributed by atoms with Gasteiger partial charge in [0.05, 0.1) is 6.10 Å². The van der Waals surface area contributed by atoms with Crippen molar-refractivity contribution in [3.8, 4) is 0 Å². The van der Waals surface area contributed by atoms with Crippen molar-refractivity contribution in [2.75, 3.05) is 0 Å². The molecule has 1 atom stereocenters. The molecule has 0 bridgehead atoms. The zero-order valence-corrected chi connectivity index (χ0v) is 10.6. The second kappa shape index (κ2) is 6.63. The van der Waals surface area contributed by atoms with Gasteiger partial charge in [-0.15, -0.1) is 0 Å². The number of ketones is 1. The van der Waals surface area contributed by atoms with Gasteiger partial charge in [-0.05, 0) is 40.5 Å². The quantitative estimate of drug-likeness (QED) is 0.707. The normalized spacial score (nSPS) is 13.3. The highest BCUT2D eigenvalue weighted by molar-refractivity contribution is 5.75. The summed E-state index contributed by atoms with van der Waals surface area (Å²) in [7, 11) is 0. The van der Waals surface area contributed by atoms with Gasteiger partial charge in [0.15, 0.2) is 0 Å². The molecule has 0 aromatic carbocycles. The fourth-order valence-corrected chi connectivity index (χ4v) is 1.19. The molecule has 0 aromatic heterocycles. The maximum Gasteiger partial charge on any atom is 0.306 e. The van der Waals surface area contributed by atoms with Crippen molar-refractivity contribution in [1.29, 1.82) is 0 Å². The highest BCUT2D eigenvalue weighted by Crippen LogP contribution is 2.11. The fourth-order valence-electron chi connectivity index (χ4n) is 1.19. The topological polar surface area (TPSA) is 63.6 Å². The molecular weight excluding hydrogens is 208 g/mol. The van der Waals surface area contributed by atoms with E-state index in [-0.39, 0.29) is 18.2 Å². The molecule has 4 heteroatoms. The smallest absolute Gasteiger partial charge is 0.306 e. The lowest BCUT2D eigenvalue weighted by Gasteiger charge is -2.19. The Morgan fingerprint density at radius 2 is 1.69 bits per heavy atom. The van der Waals surface area contributed by atoms with Crippen LogP contribution in [0.4, 0.5) is 0 Å². The van der Waals surface area contributed by atoms with Crippen molar-refractivity contribution in [3.05, 3.63) is 0 Å². The number of esters is 1. The molecule has 0 amide bonds. The van der Waals surface area contributed by atoms with E-state index in [0.717, 1.165) is 0 Å². The molecule has 1 N–H and O–H groups in total. The summed E-state index contributed by atoms with van der Waals surface area (Å²) in [5.41, 5.74) is -0.485. The van der Waals surface area contributed by atoms with Gasteiger partial charge >= 0.3 is 5.97 Å². The fraction of sp³-hybridized carbons (Fsp3) is 0.833. The summed E-state index contributed by atoms with van der Waals surface area (Å²) >= 11 is 0. The Morgan fingerprint density at radius 3 is 2.12 bits per heavy atom. The predicted molar refractivity (Wildman–Crippen MR) is 61.0 cm³/mol. The molecule has 4 nitrogen and oxygen atoms in total. The first kappa shape index (κ1) is 15.1. The molecule has 0 aromatic rings. The Labute approximate surface area is 97.0 Å². The van der Waals surface area contributed by atoms with E-state index in [0.29, 0.717) is 19.3 Å². The minimum atomic E-state index is -0.601. The van der Waals surface area contributed by atoms with Crippen LogP contribution in [0.5, 0.6) is 0 Å². The zero-order chi connectivity index (χ0) is 12.8. The van der Waals surface area contributed by atoms with Crippen molar-refractivity contribution in [3.63, 3.8) is 0 Å². The molecule has 0 aliphatic heterocycles. The Hall–Kier alpha value is -0.900. The summed E-state index contributed by atoms with van der Waals surface area (Å²) in [5.74, 6) is -0.259. The van der Waals surface area contributed by atoms with Crippen LogP contribution in [-0.4, -0.2) is 28.6 Å². The van der Waals surface area contributed by atoms with Crippen LogP contribution in [0.15, 0.2) is 0 Å². The number of Topliss-reactive ketones (excluding diaryl/α,β-unsaturated/α-hetero) is 1. The number of rotatable bonds is 6. The highest BCUT2D eigenvalue weighted by atomic mass is 16.6. The molecule has 16 heavy (non-hydrogen) atoms. The van der Waals surface area contributed by atoms with Gasteiger partial charge in [-0.3, -0.25) is 4.79 Å². The summed E-state index contributed by atoms with van der Waals surface area (Å²) in [6.45, 7) is 6.89. The van der Waals surface area contributed by atoms with E-state index in [1.807, 2.05) is 0 Å². The van der Waals surface area contributed by atoms with Crippen molar-refractivity contribution < 1.29 is 19.4 Å². The van der Waals surface area contributed by atoms with E-state index in [1.165, 1.54) is 6.92 Å².